The molecule has 0 spiro atoms. The number of hydrogen-bond acceptors (Lipinski definition) is 3. The van der Waals surface area contributed by atoms with E-state index in [9.17, 15) is 4.39 Å². The van der Waals surface area contributed by atoms with Gasteiger partial charge in [0.25, 0.3) is 0 Å². The molecule has 90 valence electrons. The summed E-state index contributed by atoms with van der Waals surface area (Å²) < 4.78 is 19.7. The van der Waals surface area contributed by atoms with E-state index in [0.29, 0.717) is 10.5 Å². The summed E-state index contributed by atoms with van der Waals surface area (Å²) in [5.41, 5.74) is 0.322. The second-order valence-electron chi connectivity index (χ2n) is 3.87. The quantitative estimate of drug-likeness (QED) is 0.833. The van der Waals surface area contributed by atoms with E-state index in [4.69, 9.17) is 10.00 Å². The first-order chi connectivity index (χ1) is 8.13. The third-order valence-electron chi connectivity index (χ3n) is 2.75. The van der Waals surface area contributed by atoms with Crippen LogP contribution in [-0.4, -0.2) is 18.0 Å². The van der Waals surface area contributed by atoms with Crippen molar-refractivity contribution in [2.24, 2.45) is 0 Å². The van der Waals surface area contributed by atoms with Gasteiger partial charge in [0.1, 0.15) is 6.07 Å². The second-order valence-corrected chi connectivity index (χ2v) is 5.95. The molecular formula is C12H11BrFNOS. The van der Waals surface area contributed by atoms with Crippen LogP contribution in [0.1, 0.15) is 18.9 Å². The van der Waals surface area contributed by atoms with Gasteiger partial charge in [0, 0.05) is 16.8 Å². The van der Waals surface area contributed by atoms with Crippen LogP contribution in [-0.2, 0) is 4.74 Å². The highest BCUT2D eigenvalue weighted by atomic mass is 79.9. The van der Waals surface area contributed by atoms with Crippen LogP contribution in [0.25, 0.3) is 0 Å². The van der Waals surface area contributed by atoms with Crippen LogP contribution in [0.15, 0.2) is 21.5 Å². The standard InChI is InChI=1S/C12H11BrFNOS/c1-7-9(4-5-16-7)17-10-3-2-8(6-15)11(13)12(10)14/h2-3,7,9H,4-5H2,1H3. The van der Waals surface area contributed by atoms with Crippen LogP contribution in [0.3, 0.4) is 0 Å². The van der Waals surface area contributed by atoms with Gasteiger partial charge < -0.3 is 4.74 Å². The van der Waals surface area contributed by atoms with E-state index in [1.54, 1.807) is 12.1 Å². The normalized spacial score (nSPS) is 23.6. The summed E-state index contributed by atoms with van der Waals surface area (Å²) in [5.74, 6) is -0.354. The van der Waals surface area contributed by atoms with Crippen molar-refractivity contribution in [3.05, 3.63) is 28.0 Å². The molecular weight excluding hydrogens is 305 g/mol. The van der Waals surface area contributed by atoms with Crippen LogP contribution in [0.5, 0.6) is 0 Å². The molecule has 1 fully saturated rings. The van der Waals surface area contributed by atoms with Crippen LogP contribution in [0.4, 0.5) is 4.39 Å². The zero-order chi connectivity index (χ0) is 12.4. The Morgan fingerprint density at radius 1 is 1.59 bits per heavy atom. The molecule has 0 saturated carbocycles. The first-order valence-corrected chi connectivity index (χ1v) is 6.97. The number of rotatable bonds is 2. The van der Waals surface area contributed by atoms with Crippen molar-refractivity contribution >= 4 is 27.7 Å². The third kappa shape index (κ3) is 2.65. The van der Waals surface area contributed by atoms with Crippen LogP contribution in [0, 0.1) is 17.1 Å². The summed E-state index contributed by atoms with van der Waals surface area (Å²) in [5, 5.41) is 9.07. The van der Waals surface area contributed by atoms with E-state index in [0.717, 1.165) is 13.0 Å². The fraction of sp³-hybridized carbons (Fsp3) is 0.417. The summed E-state index contributed by atoms with van der Waals surface area (Å²) in [4.78, 5) is 0.568. The molecule has 0 aliphatic carbocycles. The van der Waals surface area contributed by atoms with Gasteiger partial charge in [-0.05, 0) is 41.4 Å². The maximum atomic E-state index is 14.0. The number of thioether (sulfide) groups is 1. The zero-order valence-electron chi connectivity index (χ0n) is 9.24. The van der Waals surface area contributed by atoms with E-state index in [-0.39, 0.29) is 21.6 Å². The lowest BCUT2D eigenvalue weighted by Gasteiger charge is -2.14. The minimum absolute atomic E-state index is 0.147. The predicted octanol–water partition coefficient (Wildman–Crippen LogP) is 3.73. The van der Waals surface area contributed by atoms with Gasteiger partial charge in [-0.2, -0.15) is 5.26 Å². The molecule has 17 heavy (non-hydrogen) atoms. The molecule has 1 aromatic rings. The molecule has 2 rings (SSSR count). The molecule has 2 atom stereocenters. The van der Waals surface area contributed by atoms with Gasteiger partial charge in [-0.25, -0.2) is 4.39 Å². The van der Waals surface area contributed by atoms with Gasteiger partial charge in [-0.3, -0.25) is 0 Å². The molecule has 2 nitrogen and oxygen atoms in total. The molecule has 1 saturated heterocycles. The zero-order valence-corrected chi connectivity index (χ0v) is 11.6. The lowest BCUT2D eigenvalue weighted by atomic mass is 10.2. The van der Waals surface area contributed by atoms with Crippen molar-refractivity contribution in [2.45, 2.75) is 29.6 Å². The molecule has 0 amide bonds. The second kappa shape index (κ2) is 5.38. The monoisotopic (exact) mass is 315 g/mol. The van der Waals surface area contributed by atoms with Crippen molar-refractivity contribution in [1.29, 1.82) is 5.26 Å². The predicted molar refractivity (Wildman–Crippen MR) is 68.5 cm³/mol. The Morgan fingerprint density at radius 3 is 2.94 bits per heavy atom. The molecule has 0 radical (unpaired) electrons. The maximum absolute atomic E-state index is 14.0. The Morgan fingerprint density at radius 2 is 2.35 bits per heavy atom. The Kier molecular flexibility index (Phi) is 4.08. The summed E-state index contributed by atoms with van der Waals surface area (Å²) in [7, 11) is 0. The molecule has 1 aromatic carbocycles. The van der Waals surface area contributed by atoms with E-state index in [1.165, 1.54) is 11.8 Å². The minimum Gasteiger partial charge on any atom is -0.377 e. The summed E-state index contributed by atoms with van der Waals surface area (Å²) in [6.45, 7) is 2.74. The smallest absolute Gasteiger partial charge is 0.152 e. The number of halogens is 2. The van der Waals surface area contributed by atoms with Gasteiger partial charge in [-0.15, -0.1) is 11.8 Å². The van der Waals surface area contributed by atoms with Gasteiger partial charge in [0.05, 0.1) is 16.1 Å². The van der Waals surface area contributed by atoms with Gasteiger partial charge in [-0.1, -0.05) is 0 Å². The Labute approximate surface area is 112 Å². The average Bonchev–Trinajstić information content (AvgIpc) is 2.71. The average molecular weight is 316 g/mol. The topological polar surface area (TPSA) is 33.0 Å². The molecule has 0 N–H and O–H groups in total. The third-order valence-corrected chi connectivity index (χ3v) is 5.02. The van der Waals surface area contributed by atoms with Crippen LogP contribution >= 0.6 is 27.7 Å². The van der Waals surface area contributed by atoms with Gasteiger partial charge in [0.2, 0.25) is 0 Å². The number of benzene rings is 1. The molecule has 1 heterocycles. The van der Waals surface area contributed by atoms with E-state index < -0.39 is 0 Å². The minimum atomic E-state index is -0.354. The lowest BCUT2D eigenvalue weighted by molar-refractivity contribution is 0.127. The number of nitrogens with zero attached hydrogens (tertiary/aromatic N) is 1. The molecule has 1 aliphatic heterocycles. The highest BCUT2D eigenvalue weighted by Gasteiger charge is 2.26. The van der Waals surface area contributed by atoms with Crippen molar-refractivity contribution in [1.82, 2.24) is 0 Å². The molecule has 0 aromatic heterocycles. The highest BCUT2D eigenvalue weighted by molar-refractivity contribution is 9.10. The summed E-state index contributed by atoms with van der Waals surface area (Å²) >= 11 is 4.59. The lowest BCUT2D eigenvalue weighted by Crippen LogP contribution is -2.13. The fourth-order valence-corrected chi connectivity index (χ4v) is 3.47. The van der Waals surface area contributed by atoms with Crippen LogP contribution in [0.2, 0.25) is 0 Å². The van der Waals surface area contributed by atoms with Crippen molar-refractivity contribution in [2.75, 3.05) is 6.61 Å². The fourth-order valence-electron chi connectivity index (χ4n) is 1.74. The summed E-state index contributed by atoms with van der Waals surface area (Å²) in [6.07, 6.45) is 1.08. The Hall–Kier alpha value is -0.570. The van der Waals surface area contributed by atoms with Gasteiger partial charge >= 0.3 is 0 Å². The molecule has 2 unspecified atom stereocenters. The summed E-state index contributed by atoms with van der Waals surface area (Å²) in [6, 6.07) is 5.24. The first kappa shape index (κ1) is 12.9. The van der Waals surface area contributed by atoms with Crippen molar-refractivity contribution < 1.29 is 9.13 Å². The highest BCUT2D eigenvalue weighted by Crippen LogP contribution is 2.36. The van der Waals surface area contributed by atoms with E-state index in [1.807, 2.05) is 13.0 Å². The SMILES string of the molecule is CC1OCCC1Sc1ccc(C#N)c(Br)c1F. The Balaban J connectivity index is 2.22. The number of hydrogen-bond donors (Lipinski definition) is 0. The number of ether oxygens (including phenoxy) is 1. The first-order valence-electron chi connectivity index (χ1n) is 5.30. The van der Waals surface area contributed by atoms with Gasteiger partial charge in [0.15, 0.2) is 5.82 Å². The maximum Gasteiger partial charge on any atom is 0.152 e. The van der Waals surface area contributed by atoms with E-state index >= 15 is 0 Å². The molecule has 1 aliphatic rings. The van der Waals surface area contributed by atoms with Crippen LogP contribution < -0.4 is 0 Å². The van der Waals surface area contributed by atoms with Crippen molar-refractivity contribution in [3.8, 4) is 6.07 Å². The largest absolute Gasteiger partial charge is 0.377 e. The number of nitriles is 1. The Bertz CT molecular complexity index is 474. The van der Waals surface area contributed by atoms with Crippen molar-refractivity contribution in [3.63, 3.8) is 0 Å². The molecule has 0 bridgehead atoms. The van der Waals surface area contributed by atoms with E-state index in [2.05, 4.69) is 15.9 Å². The molecule has 5 heteroatoms.